The first kappa shape index (κ1) is 23.7. The number of anilines is 2. The Morgan fingerprint density at radius 2 is 1.90 bits per heavy atom. The molecule has 9 nitrogen and oxygen atoms in total. The fraction of sp³-hybridized carbons (Fsp3) is 0.238. The molecule has 0 spiro atoms. The highest BCUT2D eigenvalue weighted by atomic mass is 32.2. The van der Waals surface area contributed by atoms with Crippen molar-refractivity contribution in [2.45, 2.75) is 24.3 Å². The smallest absolute Gasteiger partial charge is 0.407 e. The zero-order valence-corrected chi connectivity index (χ0v) is 17.9. The van der Waals surface area contributed by atoms with Gasteiger partial charge in [0.1, 0.15) is 6.61 Å². The summed E-state index contributed by atoms with van der Waals surface area (Å²) >= 11 is 0. The first-order chi connectivity index (χ1) is 14.7. The topological polar surface area (TPSA) is 137 Å². The molecule has 1 amide bonds. The molecule has 2 aromatic rings. The highest BCUT2D eigenvalue weighted by Crippen LogP contribution is 2.24. The van der Waals surface area contributed by atoms with Crippen molar-refractivity contribution in [1.29, 1.82) is 0 Å². The van der Waals surface area contributed by atoms with Gasteiger partial charge in [-0.05, 0) is 42.8 Å². The molecule has 0 saturated heterocycles. The molecular weight excluding hydrogens is 422 g/mol. The molecule has 0 aliphatic heterocycles. The molecule has 4 N–H and O–H groups in total. The minimum atomic E-state index is -3.89. The number of amides is 1. The van der Waals surface area contributed by atoms with Crippen molar-refractivity contribution in [2.24, 2.45) is 0 Å². The number of carbonyl (C=O) groups excluding carboxylic acids is 2. The number of nitrogen functional groups attached to an aromatic ring is 1. The lowest BCUT2D eigenvalue weighted by Crippen LogP contribution is -2.31. The van der Waals surface area contributed by atoms with Crippen molar-refractivity contribution in [3.05, 3.63) is 66.7 Å². The van der Waals surface area contributed by atoms with Gasteiger partial charge in [-0.3, -0.25) is 9.52 Å². The van der Waals surface area contributed by atoms with E-state index in [0.29, 0.717) is 11.3 Å². The lowest BCUT2D eigenvalue weighted by atomic mass is 10.0. The zero-order chi connectivity index (χ0) is 22.9. The predicted molar refractivity (Wildman–Crippen MR) is 117 cm³/mol. The summed E-state index contributed by atoms with van der Waals surface area (Å²) < 4.78 is 37.7. The molecule has 0 saturated carbocycles. The van der Waals surface area contributed by atoms with Crippen molar-refractivity contribution in [3.63, 3.8) is 0 Å². The van der Waals surface area contributed by atoms with Crippen LogP contribution in [-0.2, 0) is 24.3 Å². The van der Waals surface area contributed by atoms with Crippen LogP contribution in [0.4, 0.5) is 16.2 Å². The van der Waals surface area contributed by atoms with E-state index >= 15 is 0 Å². The number of hydrogen-bond acceptors (Lipinski definition) is 7. The number of rotatable bonds is 10. The number of nitrogens with two attached hydrogens (primary N) is 1. The first-order valence-electron chi connectivity index (χ1n) is 9.43. The largest absolute Gasteiger partial charge is 0.466 e. The number of sulfonamides is 1. The first-order valence-corrected chi connectivity index (χ1v) is 10.9. The molecule has 10 heteroatoms. The predicted octanol–water partition coefficient (Wildman–Crippen LogP) is 2.98. The van der Waals surface area contributed by atoms with E-state index in [4.69, 9.17) is 15.2 Å². The zero-order valence-electron chi connectivity index (χ0n) is 17.0. The van der Waals surface area contributed by atoms with Crippen LogP contribution in [0.15, 0.2) is 66.1 Å². The molecule has 0 heterocycles. The number of carbonyl (C=O) groups is 2. The van der Waals surface area contributed by atoms with Gasteiger partial charge in [0, 0.05) is 11.4 Å². The van der Waals surface area contributed by atoms with Crippen LogP contribution in [0.3, 0.4) is 0 Å². The van der Waals surface area contributed by atoms with E-state index in [0.717, 1.165) is 0 Å². The Bertz CT molecular complexity index is 1040. The summed E-state index contributed by atoms with van der Waals surface area (Å²) in [5, 5.41) is 2.58. The lowest BCUT2D eigenvalue weighted by Gasteiger charge is -2.19. The standard InChI is InChI=1S/C21H25N3O6S/c1-3-11-30-21(26)23-19(14-20(25)29-4-2)15-7-5-9-17(12-15)24-31(27,28)18-10-6-8-16(22)13-18/h3,5-10,12-13,19,24H,1,4,11,14,22H2,2H3,(H,23,26). The number of nitrogens with one attached hydrogen (secondary N) is 2. The molecule has 0 bridgehead atoms. The molecule has 0 aliphatic carbocycles. The third-order valence-corrected chi connectivity index (χ3v) is 5.39. The minimum absolute atomic E-state index is 0.00198. The van der Waals surface area contributed by atoms with Gasteiger partial charge in [0.05, 0.1) is 24.0 Å². The molecule has 0 aliphatic rings. The molecular formula is C21H25N3O6S. The van der Waals surface area contributed by atoms with Crippen molar-refractivity contribution in [2.75, 3.05) is 23.7 Å². The van der Waals surface area contributed by atoms with Gasteiger partial charge in [0.15, 0.2) is 0 Å². The van der Waals surface area contributed by atoms with E-state index in [9.17, 15) is 18.0 Å². The summed E-state index contributed by atoms with van der Waals surface area (Å²) in [7, 11) is -3.89. The number of ether oxygens (including phenoxy) is 2. The van der Waals surface area contributed by atoms with Gasteiger partial charge in [-0.15, -0.1) is 0 Å². The van der Waals surface area contributed by atoms with E-state index in [1.807, 2.05) is 0 Å². The van der Waals surface area contributed by atoms with Gasteiger partial charge in [0.25, 0.3) is 10.0 Å². The second-order valence-electron chi connectivity index (χ2n) is 6.40. The summed E-state index contributed by atoms with van der Waals surface area (Å²) in [6, 6.07) is 11.4. The van der Waals surface area contributed by atoms with E-state index in [-0.39, 0.29) is 30.2 Å². The number of hydrogen-bond donors (Lipinski definition) is 3. The molecule has 0 aromatic heterocycles. The summed E-state index contributed by atoms with van der Waals surface area (Å²) in [5.41, 5.74) is 6.71. The highest BCUT2D eigenvalue weighted by Gasteiger charge is 2.21. The molecule has 0 radical (unpaired) electrons. The quantitative estimate of drug-likeness (QED) is 0.289. The summed E-state index contributed by atoms with van der Waals surface area (Å²) in [4.78, 5) is 24.0. The molecule has 1 unspecified atom stereocenters. The molecule has 31 heavy (non-hydrogen) atoms. The third kappa shape index (κ3) is 7.34. The van der Waals surface area contributed by atoms with Crippen LogP contribution in [0.1, 0.15) is 24.9 Å². The fourth-order valence-corrected chi connectivity index (χ4v) is 3.78. The van der Waals surface area contributed by atoms with Crippen LogP contribution >= 0.6 is 0 Å². The van der Waals surface area contributed by atoms with Crippen molar-refractivity contribution in [1.82, 2.24) is 5.32 Å². The van der Waals surface area contributed by atoms with Crippen LogP contribution < -0.4 is 15.8 Å². The number of benzene rings is 2. The van der Waals surface area contributed by atoms with Crippen LogP contribution in [-0.4, -0.2) is 33.7 Å². The maximum atomic E-state index is 12.7. The van der Waals surface area contributed by atoms with Crippen molar-refractivity contribution in [3.8, 4) is 0 Å². The minimum Gasteiger partial charge on any atom is -0.466 e. The van der Waals surface area contributed by atoms with Crippen molar-refractivity contribution >= 4 is 33.5 Å². The Balaban J connectivity index is 2.27. The summed E-state index contributed by atoms with van der Waals surface area (Å²) in [6.07, 6.45) is 0.494. The average Bonchev–Trinajstić information content (AvgIpc) is 2.72. The van der Waals surface area contributed by atoms with E-state index in [1.165, 1.54) is 30.3 Å². The maximum absolute atomic E-state index is 12.7. The van der Waals surface area contributed by atoms with Crippen molar-refractivity contribution < 1.29 is 27.5 Å². The number of esters is 1. The van der Waals surface area contributed by atoms with Crippen LogP contribution in [0.2, 0.25) is 0 Å². The fourth-order valence-electron chi connectivity index (χ4n) is 2.67. The normalized spacial score (nSPS) is 11.8. The monoisotopic (exact) mass is 447 g/mol. The Morgan fingerprint density at radius 1 is 1.16 bits per heavy atom. The van der Waals surface area contributed by atoms with Crippen LogP contribution in [0.25, 0.3) is 0 Å². The van der Waals surface area contributed by atoms with Gasteiger partial charge < -0.3 is 20.5 Å². The van der Waals surface area contributed by atoms with Gasteiger partial charge in [-0.2, -0.15) is 0 Å². The number of alkyl carbamates (subject to hydrolysis) is 1. The molecule has 1 atom stereocenters. The second kappa shape index (κ2) is 11.0. The SMILES string of the molecule is C=CCOC(=O)NC(CC(=O)OCC)c1cccc(NS(=O)(=O)c2cccc(N)c2)c1. The third-order valence-electron chi connectivity index (χ3n) is 4.01. The lowest BCUT2D eigenvalue weighted by molar-refractivity contribution is -0.143. The van der Waals surface area contributed by atoms with Gasteiger partial charge in [-0.25, -0.2) is 13.2 Å². The Hall–Kier alpha value is -3.53. The molecule has 0 fully saturated rings. The van der Waals surface area contributed by atoms with Crippen LogP contribution in [0, 0.1) is 0 Å². The molecule has 2 rings (SSSR count). The van der Waals surface area contributed by atoms with E-state index in [1.54, 1.807) is 31.2 Å². The average molecular weight is 448 g/mol. The summed E-state index contributed by atoms with van der Waals surface area (Å²) in [6.45, 7) is 5.32. The summed E-state index contributed by atoms with van der Waals surface area (Å²) in [5.74, 6) is -0.526. The van der Waals surface area contributed by atoms with Gasteiger partial charge in [-0.1, -0.05) is 30.9 Å². The molecule has 166 valence electrons. The Labute approximate surface area is 181 Å². The second-order valence-corrected chi connectivity index (χ2v) is 8.08. The molecule has 2 aromatic carbocycles. The Kier molecular flexibility index (Phi) is 8.44. The van der Waals surface area contributed by atoms with Gasteiger partial charge in [0.2, 0.25) is 0 Å². The van der Waals surface area contributed by atoms with Gasteiger partial charge >= 0.3 is 12.1 Å². The Morgan fingerprint density at radius 3 is 2.58 bits per heavy atom. The highest BCUT2D eigenvalue weighted by molar-refractivity contribution is 7.92. The maximum Gasteiger partial charge on any atom is 0.407 e. The van der Waals surface area contributed by atoms with E-state index < -0.39 is 28.1 Å². The van der Waals surface area contributed by atoms with E-state index in [2.05, 4.69) is 16.6 Å². The van der Waals surface area contributed by atoms with Crippen LogP contribution in [0.5, 0.6) is 0 Å².